The van der Waals surface area contributed by atoms with Gasteiger partial charge >= 0.3 is 5.97 Å². The molecule has 0 saturated heterocycles. The number of rotatable bonds is 4. The second kappa shape index (κ2) is 6.98. The fraction of sp³-hybridized carbons (Fsp3) is 0.133. The van der Waals surface area contributed by atoms with Gasteiger partial charge in [-0.25, -0.2) is 4.79 Å². The van der Waals surface area contributed by atoms with Crippen LogP contribution in [-0.2, 0) is 11.2 Å². The Kier molecular flexibility index (Phi) is 5.30. The fourth-order valence-corrected chi connectivity index (χ4v) is 2.27. The van der Waals surface area contributed by atoms with E-state index in [1.54, 1.807) is 0 Å². The van der Waals surface area contributed by atoms with E-state index in [9.17, 15) is 4.79 Å². The molecule has 0 aromatic heterocycles. The molecule has 0 spiro atoms. The van der Waals surface area contributed by atoms with E-state index < -0.39 is 5.97 Å². The standard InChI is InChI=1S/C15H10Cl3O2/c16-11-8-12(14(18)13(17)9-11)15(19)20-7-6-10-4-2-1-3-5-10/h1-5,9H,6-7H2. The summed E-state index contributed by atoms with van der Waals surface area (Å²) in [6.07, 6.45) is 0.624. The molecule has 2 aromatic carbocycles. The zero-order valence-electron chi connectivity index (χ0n) is 10.3. The molecule has 2 rings (SSSR count). The van der Waals surface area contributed by atoms with Crippen molar-refractivity contribution in [1.29, 1.82) is 0 Å². The van der Waals surface area contributed by atoms with E-state index >= 15 is 0 Å². The fourth-order valence-electron chi connectivity index (χ4n) is 1.62. The van der Waals surface area contributed by atoms with Crippen molar-refractivity contribution in [1.82, 2.24) is 0 Å². The lowest BCUT2D eigenvalue weighted by Gasteiger charge is -2.07. The highest BCUT2D eigenvalue weighted by Gasteiger charge is 2.16. The summed E-state index contributed by atoms with van der Waals surface area (Å²) in [5, 5.41) is 0.514. The van der Waals surface area contributed by atoms with Crippen LogP contribution in [0, 0.1) is 6.07 Å². The molecule has 0 aliphatic carbocycles. The van der Waals surface area contributed by atoms with Crippen molar-refractivity contribution < 1.29 is 9.53 Å². The topological polar surface area (TPSA) is 26.3 Å². The summed E-state index contributed by atoms with van der Waals surface area (Å²) in [4.78, 5) is 11.9. The third-order valence-corrected chi connectivity index (χ3v) is 3.59. The molecule has 0 saturated carbocycles. The first-order chi connectivity index (χ1) is 9.58. The van der Waals surface area contributed by atoms with Crippen molar-refractivity contribution in [3.8, 4) is 0 Å². The Labute approximate surface area is 132 Å². The molecule has 2 nitrogen and oxygen atoms in total. The lowest BCUT2D eigenvalue weighted by molar-refractivity contribution is 0.0509. The second-order valence-corrected chi connectivity index (χ2v) is 5.22. The Morgan fingerprint density at radius 1 is 1.15 bits per heavy atom. The first-order valence-electron chi connectivity index (χ1n) is 5.86. The SMILES string of the molecule is O=C(OCCc1ccccc1)c1[c]c(Cl)cc(Cl)c1Cl. The van der Waals surface area contributed by atoms with Crippen LogP contribution >= 0.6 is 34.8 Å². The minimum absolute atomic E-state index is 0.0530. The maximum atomic E-state index is 11.9. The third-order valence-electron chi connectivity index (χ3n) is 2.60. The Bertz CT molecular complexity index is 612. The van der Waals surface area contributed by atoms with Gasteiger partial charge in [0.2, 0.25) is 0 Å². The number of halogens is 3. The van der Waals surface area contributed by atoms with Gasteiger partial charge in [-0.2, -0.15) is 0 Å². The van der Waals surface area contributed by atoms with Gasteiger partial charge in [-0.1, -0.05) is 65.1 Å². The summed E-state index contributed by atoms with van der Waals surface area (Å²) < 4.78 is 5.15. The number of benzene rings is 2. The quantitative estimate of drug-likeness (QED) is 0.592. The molecule has 2 aromatic rings. The van der Waals surface area contributed by atoms with Gasteiger partial charge in [-0.05, 0) is 11.6 Å². The van der Waals surface area contributed by atoms with E-state index in [0.717, 1.165) is 5.56 Å². The number of hydrogen-bond donors (Lipinski definition) is 0. The van der Waals surface area contributed by atoms with Crippen LogP contribution in [0.25, 0.3) is 0 Å². The largest absolute Gasteiger partial charge is 0.462 e. The highest BCUT2D eigenvalue weighted by atomic mass is 35.5. The molecular formula is C15H10Cl3O2. The molecule has 0 fully saturated rings. The molecule has 103 valence electrons. The molecular weight excluding hydrogens is 319 g/mol. The van der Waals surface area contributed by atoms with Crippen LogP contribution in [0.3, 0.4) is 0 Å². The second-order valence-electron chi connectivity index (χ2n) is 4.03. The summed E-state index contributed by atoms with van der Waals surface area (Å²) in [5.41, 5.74) is 1.14. The zero-order chi connectivity index (χ0) is 14.5. The van der Waals surface area contributed by atoms with Gasteiger partial charge in [0.1, 0.15) is 0 Å². The lowest BCUT2D eigenvalue weighted by atomic mass is 10.2. The average molecular weight is 329 g/mol. The number of carbonyl (C=O) groups is 1. The minimum atomic E-state index is -0.588. The van der Waals surface area contributed by atoms with Crippen molar-refractivity contribution in [3.63, 3.8) is 0 Å². The number of esters is 1. The van der Waals surface area contributed by atoms with Gasteiger partial charge in [0.25, 0.3) is 0 Å². The van der Waals surface area contributed by atoms with Gasteiger partial charge < -0.3 is 4.74 Å². The van der Waals surface area contributed by atoms with Crippen LogP contribution in [0.2, 0.25) is 15.1 Å². The highest BCUT2D eigenvalue weighted by molar-refractivity contribution is 6.44. The smallest absolute Gasteiger partial charge is 0.340 e. The molecule has 0 N–H and O–H groups in total. The number of ether oxygens (including phenoxy) is 1. The minimum Gasteiger partial charge on any atom is -0.462 e. The monoisotopic (exact) mass is 327 g/mol. The van der Waals surface area contributed by atoms with E-state index in [2.05, 4.69) is 6.07 Å². The van der Waals surface area contributed by atoms with Crippen LogP contribution in [0.5, 0.6) is 0 Å². The maximum absolute atomic E-state index is 11.9. The summed E-state index contributed by atoms with van der Waals surface area (Å²) in [7, 11) is 0. The van der Waals surface area contributed by atoms with E-state index in [1.165, 1.54) is 6.07 Å². The average Bonchev–Trinajstić information content (AvgIpc) is 2.44. The predicted molar refractivity (Wildman–Crippen MR) is 80.7 cm³/mol. The Balaban J connectivity index is 1.99. The van der Waals surface area contributed by atoms with Crippen molar-refractivity contribution >= 4 is 40.8 Å². The number of carbonyl (C=O) groups excluding carboxylic acids is 1. The van der Waals surface area contributed by atoms with Crippen LogP contribution in [-0.4, -0.2) is 12.6 Å². The third kappa shape index (κ3) is 3.89. The van der Waals surface area contributed by atoms with Gasteiger partial charge in [0, 0.05) is 12.5 Å². The molecule has 0 amide bonds. The summed E-state index contributed by atoms with van der Waals surface area (Å²) in [6.45, 7) is 0.247. The summed E-state index contributed by atoms with van der Waals surface area (Å²) >= 11 is 17.6. The van der Waals surface area contributed by atoms with Crippen LogP contribution in [0.1, 0.15) is 15.9 Å². The van der Waals surface area contributed by atoms with Crippen LogP contribution in [0.4, 0.5) is 0 Å². The summed E-state index contributed by atoms with van der Waals surface area (Å²) in [5.74, 6) is -0.588. The first-order valence-corrected chi connectivity index (χ1v) is 6.99. The molecule has 0 bridgehead atoms. The molecule has 0 aliphatic rings. The molecule has 0 atom stereocenters. The van der Waals surface area contributed by atoms with Crippen LogP contribution < -0.4 is 0 Å². The lowest BCUT2D eigenvalue weighted by Crippen LogP contribution is -2.09. The number of hydrogen-bond acceptors (Lipinski definition) is 2. The maximum Gasteiger partial charge on any atom is 0.340 e. The molecule has 0 unspecified atom stereocenters. The van der Waals surface area contributed by atoms with Crippen molar-refractivity contribution in [2.24, 2.45) is 0 Å². The van der Waals surface area contributed by atoms with Gasteiger partial charge in [-0.3, -0.25) is 0 Å². The Hall–Kier alpha value is -1.22. The predicted octanol–water partition coefficient (Wildman–Crippen LogP) is 4.85. The van der Waals surface area contributed by atoms with Crippen molar-refractivity contribution in [3.05, 3.63) is 68.7 Å². The summed E-state index contributed by atoms with van der Waals surface area (Å²) in [6, 6.07) is 13.8. The van der Waals surface area contributed by atoms with Crippen molar-refractivity contribution in [2.45, 2.75) is 6.42 Å². The molecule has 20 heavy (non-hydrogen) atoms. The molecule has 0 heterocycles. The first kappa shape index (κ1) is 15.2. The molecule has 1 radical (unpaired) electrons. The molecule has 0 aliphatic heterocycles. The van der Waals surface area contributed by atoms with Gasteiger partial charge in [0.05, 0.1) is 27.2 Å². The normalized spacial score (nSPS) is 10.3. The molecule has 5 heteroatoms. The Morgan fingerprint density at radius 2 is 1.85 bits per heavy atom. The van der Waals surface area contributed by atoms with E-state index in [4.69, 9.17) is 39.5 Å². The van der Waals surface area contributed by atoms with Gasteiger partial charge in [0.15, 0.2) is 0 Å². The van der Waals surface area contributed by atoms with E-state index in [-0.39, 0.29) is 27.2 Å². The van der Waals surface area contributed by atoms with E-state index in [0.29, 0.717) is 6.42 Å². The Morgan fingerprint density at radius 3 is 2.55 bits per heavy atom. The van der Waals surface area contributed by atoms with Crippen molar-refractivity contribution in [2.75, 3.05) is 6.61 Å². The van der Waals surface area contributed by atoms with Gasteiger partial charge in [-0.15, -0.1) is 0 Å². The zero-order valence-corrected chi connectivity index (χ0v) is 12.6. The van der Waals surface area contributed by atoms with E-state index in [1.807, 2.05) is 30.3 Å². The highest BCUT2D eigenvalue weighted by Crippen LogP contribution is 2.29. The van der Waals surface area contributed by atoms with Crippen LogP contribution in [0.15, 0.2) is 36.4 Å².